The first kappa shape index (κ1) is 18.9. The molecule has 7 nitrogen and oxygen atoms in total. The first-order chi connectivity index (χ1) is 14.5. The summed E-state index contributed by atoms with van der Waals surface area (Å²) in [5.41, 5.74) is 4.81. The molecule has 1 aliphatic heterocycles. The molecule has 0 unspecified atom stereocenters. The number of ether oxygens (including phenoxy) is 1. The van der Waals surface area contributed by atoms with E-state index in [9.17, 15) is 4.79 Å². The zero-order chi connectivity index (χ0) is 21.0. The zero-order valence-electron chi connectivity index (χ0n) is 16.8. The van der Waals surface area contributed by atoms with Gasteiger partial charge in [0.1, 0.15) is 11.6 Å². The number of nitrogens with zero attached hydrogens (tertiary/aromatic N) is 4. The topological polar surface area (TPSA) is 74.0 Å². The van der Waals surface area contributed by atoms with E-state index in [4.69, 9.17) is 14.8 Å². The molecule has 3 heterocycles. The van der Waals surface area contributed by atoms with Gasteiger partial charge >= 0.3 is 0 Å². The van der Waals surface area contributed by atoms with Crippen molar-refractivity contribution in [2.45, 2.75) is 19.3 Å². The van der Waals surface area contributed by atoms with Crippen molar-refractivity contribution >= 4 is 38.7 Å². The Morgan fingerprint density at radius 2 is 2.03 bits per heavy atom. The van der Waals surface area contributed by atoms with Crippen LogP contribution in [0, 0.1) is 6.92 Å². The Morgan fingerprint density at radius 3 is 2.77 bits per heavy atom. The van der Waals surface area contributed by atoms with E-state index >= 15 is 0 Å². The molecule has 0 radical (unpaired) electrons. The number of para-hydroxylation sites is 2. The number of halogens is 1. The first-order valence-corrected chi connectivity index (χ1v) is 10.4. The molecule has 0 fully saturated rings. The first-order valence-electron chi connectivity index (χ1n) is 9.62. The molecule has 0 saturated carbocycles. The van der Waals surface area contributed by atoms with E-state index in [0.717, 1.165) is 38.1 Å². The molecular weight excluding hydrogens is 446 g/mol. The second-order valence-electron chi connectivity index (χ2n) is 7.42. The standard InChI is InChI=1S/C22H20BrN5O2/c1-12-20-14(13-8-9-18(30-3)15(23)10-13)11-19(29)25-21(20)28(26-12)22-24-16-6-4-5-7-17(16)27(22)2/h4-10,14H,11H2,1-3H3,(H,25,29)/t14-/m0/s1. The van der Waals surface area contributed by atoms with Gasteiger partial charge in [0.2, 0.25) is 11.9 Å². The molecule has 152 valence electrons. The van der Waals surface area contributed by atoms with E-state index in [2.05, 4.69) is 21.2 Å². The molecule has 2 aromatic carbocycles. The van der Waals surface area contributed by atoms with Crippen LogP contribution in [0.15, 0.2) is 46.9 Å². The van der Waals surface area contributed by atoms with Gasteiger partial charge in [-0.3, -0.25) is 4.79 Å². The summed E-state index contributed by atoms with van der Waals surface area (Å²) >= 11 is 3.56. The largest absolute Gasteiger partial charge is 0.496 e. The lowest BCUT2D eigenvalue weighted by Gasteiger charge is -2.24. The maximum Gasteiger partial charge on any atom is 0.233 e. The number of carbonyl (C=O) groups is 1. The highest BCUT2D eigenvalue weighted by atomic mass is 79.9. The van der Waals surface area contributed by atoms with Crippen molar-refractivity contribution in [3.8, 4) is 11.7 Å². The maximum atomic E-state index is 12.7. The molecule has 5 rings (SSSR count). The average Bonchev–Trinajstić information content (AvgIpc) is 3.24. The zero-order valence-corrected chi connectivity index (χ0v) is 18.4. The molecule has 1 aliphatic rings. The molecule has 2 aromatic heterocycles. The molecule has 1 N–H and O–H groups in total. The molecule has 1 amide bonds. The summed E-state index contributed by atoms with van der Waals surface area (Å²) in [6.45, 7) is 1.97. The van der Waals surface area contributed by atoms with Crippen LogP contribution in [0.3, 0.4) is 0 Å². The van der Waals surface area contributed by atoms with Crippen LogP contribution in [0.4, 0.5) is 5.82 Å². The predicted molar refractivity (Wildman–Crippen MR) is 118 cm³/mol. The molecule has 0 bridgehead atoms. The van der Waals surface area contributed by atoms with Gasteiger partial charge in [-0.15, -0.1) is 0 Å². The maximum absolute atomic E-state index is 12.7. The van der Waals surface area contributed by atoms with E-state index in [1.807, 2.05) is 61.0 Å². The highest BCUT2D eigenvalue weighted by Crippen LogP contribution is 2.41. The summed E-state index contributed by atoms with van der Waals surface area (Å²) in [6, 6.07) is 13.9. The van der Waals surface area contributed by atoms with Crippen molar-refractivity contribution in [3.05, 3.63) is 63.8 Å². The van der Waals surface area contributed by atoms with E-state index in [1.54, 1.807) is 11.8 Å². The minimum atomic E-state index is -0.0978. The Labute approximate surface area is 181 Å². The lowest BCUT2D eigenvalue weighted by atomic mass is 9.86. The number of methoxy groups -OCH3 is 1. The Kier molecular flexibility index (Phi) is 4.39. The van der Waals surface area contributed by atoms with E-state index in [1.165, 1.54) is 0 Å². The third-order valence-electron chi connectivity index (χ3n) is 5.63. The fourth-order valence-electron chi connectivity index (χ4n) is 4.20. The van der Waals surface area contributed by atoms with Gasteiger partial charge in [0, 0.05) is 24.9 Å². The average molecular weight is 466 g/mol. The highest BCUT2D eigenvalue weighted by molar-refractivity contribution is 9.10. The number of carbonyl (C=O) groups excluding carboxylic acids is 1. The minimum absolute atomic E-state index is 0.0423. The van der Waals surface area contributed by atoms with Crippen LogP contribution in [0.5, 0.6) is 5.75 Å². The molecule has 30 heavy (non-hydrogen) atoms. The fourth-order valence-corrected chi connectivity index (χ4v) is 4.76. The number of nitrogens with one attached hydrogen (secondary N) is 1. The van der Waals surface area contributed by atoms with Gasteiger partial charge in [-0.05, 0) is 52.7 Å². The van der Waals surface area contributed by atoms with Crippen molar-refractivity contribution < 1.29 is 9.53 Å². The van der Waals surface area contributed by atoms with Crippen LogP contribution in [-0.2, 0) is 11.8 Å². The Morgan fingerprint density at radius 1 is 1.23 bits per heavy atom. The van der Waals surface area contributed by atoms with Crippen molar-refractivity contribution in [1.82, 2.24) is 19.3 Å². The molecule has 1 atom stereocenters. The Hall–Kier alpha value is -3.13. The number of anilines is 1. The summed E-state index contributed by atoms with van der Waals surface area (Å²) in [6.07, 6.45) is 0.362. The van der Waals surface area contributed by atoms with Crippen molar-refractivity contribution in [2.24, 2.45) is 7.05 Å². The molecule has 0 aliphatic carbocycles. The predicted octanol–water partition coefficient (Wildman–Crippen LogP) is 4.31. The summed E-state index contributed by atoms with van der Waals surface area (Å²) < 4.78 is 9.94. The van der Waals surface area contributed by atoms with Gasteiger partial charge in [0.15, 0.2) is 0 Å². The third kappa shape index (κ3) is 2.82. The smallest absolute Gasteiger partial charge is 0.233 e. The number of imidazole rings is 1. The van der Waals surface area contributed by atoms with E-state index in [-0.39, 0.29) is 11.8 Å². The van der Waals surface area contributed by atoms with Crippen LogP contribution < -0.4 is 10.1 Å². The number of aromatic nitrogens is 4. The lowest BCUT2D eigenvalue weighted by Crippen LogP contribution is -2.25. The van der Waals surface area contributed by atoms with Crippen molar-refractivity contribution in [2.75, 3.05) is 12.4 Å². The number of hydrogen-bond donors (Lipinski definition) is 1. The number of amides is 1. The van der Waals surface area contributed by atoms with Gasteiger partial charge in [0.25, 0.3) is 0 Å². The van der Waals surface area contributed by atoms with E-state index < -0.39 is 0 Å². The second-order valence-corrected chi connectivity index (χ2v) is 8.27. The van der Waals surface area contributed by atoms with Crippen LogP contribution in [0.1, 0.15) is 29.2 Å². The van der Waals surface area contributed by atoms with Crippen molar-refractivity contribution in [3.63, 3.8) is 0 Å². The van der Waals surface area contributed by atoms with Crippen LogP contribution >= 0.6 is 15.9 Å². The summed E-state index contributed by atoms with van der Waals surface area (Å²) in [5.74, 6) is 1.96. The number of fused-ring (bicyclic) bond motifs is 2. The Bertz CT molecular complexity index is 1310. The number of benzene rings is 2. The number of aryl methyl sites for hydroxylation is 2. The van der Waals surface area contributed by atoms with Gasteiger partial charge < -0.3 is 14.6 Å². The van der Waals surface area contributed by atoms with Crippen LogP contribution in [-0.4, -0.2) is 32.3 Å². The fraction of sp³-hybridized carbons (Fsp3) is 0.227. The minimum Gasteiger partial charge on any atom is -0.496 e. The van der Waals surface area contributed by atoms with E-state index in [0.29, 0.717) is 18.2 Å². The molecule has 8 heteroatoms. The second kappa shape index (κ2) is 6.98. The monoisotopic (exact) mass is 465 g/mol. The summed E-state index contributed by atoms with van der Waals surface area (Å²) in [7, 11) is 3.59. The molecular formula is C22H20BrN5O2. The number of rotatable bonds is 3. The van der Waals surface area contributed by atoms with Crippen LogP contribution in [0.2, 0.25) is 0 Å². The molecule has 0 saturated heterocycles. The quantitative estimate of drug-likeness (QED) is 0.489. The van der Waals surface area contributed by atoms with Gasteiger partial charge in [-0.1, -0.05) is 18.2 Å². The SMILES string of the molecule is COc1ccc([C@@H]2CC(=O)Nc3c2c(C)nn3-c2nc3ccccc3n2C)cc1Br. The van der Waals surface area contributed by atoms with Gasteiger partial charge in [-0.25, -0.2) is 4.98 Å². The number of hydrogen-bond acceptors (Lipinski definition) is 4. The summed E-state index contributed by atoms with van der Waals surface area (Å²) in [4.78, 5) is 17.4. The lowest BCUT2D eigenvalue weighted by molar-refractivity contribution is -0.116. The van der Waals surface area contributed by atoms with Crippen LogP contribution in [0.25, 0.3) is 17.0 Å². The Balaban J connectivity index is 1.68. The van der Waals surface area contributed by atoms with Gasteiger partial charge in [0.05, 0.1) is 28.3 Å². The third-order valence-corrected chi connectivity index (χ3v) is 6.25. The highest BCUT2D eigenvalue weighted by Gasteiger charge is 2.33. The van der Waals surface area contributed by atoms with Gasteiger partial charge in [-0.2, -0.15) is 9.78 Å². The molecule has 0 spiro atoms. The van der Waals surface area contributed by atoms with Crippen molar-refractivity contribution in [1.29, 1.82) is 0 Å². The molecule has 4 aromatic rings. The summed E-state index contributed by atoms with van der Waals surface area (Å²) in [5, 5.41) is 7.80. The normalized spacial score (nSPS) is 15.9.